The molecule has 6 heteroatoms. The van der Waals surface area contributed by atoms with Gasteiger partial charge in [0.1, 0.15) is 0 Å². The van der Waals surface area contributed by atoms with Crippen molar-refractivity contribution in [2.75, 3.05) is 25.5 Å². The summed E-state index contributed by atoms with van der Waals surface area (Å²) in [6, 6.07) is 18.1. The zero-order chi connectivity index (χ0) is 19.9. The fraction of sp³-hybridized carbons (Fsp3) is 0.227. The minimum absolute atomic E-state index is 0.0537. The molecule has 5 nitrogen and oxygen atoms in total. The minimum Gasteiger partial charge on any atom is -0.378 e. The summed E-state index contributed by atoms with van der Waals surface area (Å²) in [4.78, 5) is 16.5. The smallest absolute Gasteiger partial charge is 0.242 e. The molecule has 144 valence electrons. The number of hydrogen-bond donors (Lipinski definition) is 0. The first-order valence-electron chi connectivity index (χ1n) is 9.09. The third-order valence-corrected chi connectivity index (χ3v) is 5.52. The van der Waals surface area contributed by atoms with Crippen molar-refractivity contribution in [2.24, 2.45) is 10.2 Å². The highest BCUT2D eigenvalue weighted by atomic mass is 32.2. The van der Waals surface area contributed by atoms with E-state index in [0.717, 1.165) is 16.8 Å². The third-order valence-electron chi connectivity index (χ3n) is 4.36. The Morgan fingerprint density at radius 2 is 1.86 bits per heavy atom. The van der Waals surface area contributed by atoms with E-state index < -0.39 is 0 Å². The highest BCUT2D eigenvalue weighted by Crippen LogP contribution is 2.30. The van der Waals surface area contributed by atoms with Gasteiger partial charge >= 0.3 is 0 Å². The van der Waals surface area contributed by atoms with Crippen molar-refractivity contribution < 1.29 is 4.79 Å². The van der Waals surface area contributed by atoms with Crippen molar-refractivity contribution in [3.8, 4) is 0 Å². The van der Waals surface area contributed by atoms with Crippen LogP contribution in [0.25, 0.3) is 0 Å². The standard InChI is InChI=1S/C22H24N4OS/c1-4-14-26-21(27)20(15-17-8-6-5-7-9-17)28-22(26)24-23-16-18-10-12-19(13-11-18)25(2)3/h4-13,16,20H,1,14-15H2,2-3H3/b23-16+,24-22+. The number of amidine groups is 1. The van der Waals surface area contributed by atoms with Crippen LogP contribution in [0.5, 0.6) is 0 Å². The molecule has 1 fully saturated rings. The number of rotatable bonds is 7. The second kappa shape index (κ2) is 9.37. The van der Waals surface area contributed by atoms with Crippen molar-refractivity contribution in [1.82, 2.24) is 4.90 Å². The molecule has 0 aromatic heterocycles. The number of hydrogen-bond acceptors (Lipinski definition) is 5. The zero-order valence-electron chi connectivity index (χ0n) is 16.2. The third kappa shape index (κ3) is 4.89. The Kier molecular flexibility index (Phi) is 6.66. The van der Waals surface area contributed by atoms with E-state index in [-0.39, 0.29) is 11.2 Å². The quantitative estimate of drug-likeness (QED) is 0.409. The van der Waals surface area contributed by atoms with Crippen LogP contribution in [0.15, 0.2) is 77.5 Å². The van der Waals surface area contributed by atoms with Crippen molar-refractivity contribution in [1.29, 1.82) is 0 Å². The predicted octanol–water partition coefficient (Wildman–Crippen LogP) is 3.82. The Bertz CT molecular complexity index is 875. The number of carbonyl (C=O) groups excluding carboxylic acids is 1. The molecule has 1 atom stereocenters. The number of carbonyl (C=O) groups is 1. The first kappa shape index (κ1) is 19.9. The molecule has 1 aliphatic rings. The maximum Gasteiger partial charge on any atom is 0.242 e. The van der Waals surface area contributed by atoms with Crippen LogP contribution in [0.2, 0.25) is 0 Å². The van der Waals surface area contributed by atoms with E-state index >= 15 is 0 Å². The van der Waals surface area contributed by atoms with Crippen molar-refractivity contribution in [3.05, 3.63) is 78.4 Å². The summed E-state index contributed by atoms with van der Waals surface area (Å²) in [5.74, 6) is 0.0537. The fourth-order valence-corrected chi connectivity index (χ4v) is 3.99. The lowest BCUT2D eigenvalue weighted by Gasteiger charge is -2.13. The van der Waals surface area contributed by atoms with Crippen LogP contribution in [0.3, 0.4) is 0 Å². The Labute approximate surface area is 170 Å². The van der Waals surface area contributed by atoms with Crippen LogP contribution in [-0.2, 0) is 11.2 Å². The van der Waals surface area contributed by atoms with Gasteiger partial charge in [0, 0.05) is 26.3 Å². The van der Waals surface area contributed by atoms with Crippen LogP contribution in [0, 0.1) is 0 Å². The van der Waals surface area contributed by atoms with E-state index in [1.54, 1.807) is 17.2 Å². The Morgan fingerprint density at radius 1 is 1.14 bits per heavy atom. The molecule has 1 unspecified atom stereocenters. The molecule has 2 aromatic carbocycles. The average Bonchev–Trinajstić information content (AvgIpc) is 2.98. The normalized spacial score (nSPS) is 18.2. The molecule has 0 aliphatic carbocycles. The molecule has 3 rings (SSSR count). The van der Waals surface area contributed by atoms with E-state index in [0.29, 0.717) is 18.1 Å². The van der Waals surface area contributed by atoms with Gasteiger partial charge in [-0.25, -0.2) is 0 Å². The molecule has 1 heterocycles. The predicted molar refractivity (Wildman–Crippen MR) is 119 cm³/mol. The number of benzene rings is 2. The van der Waals surface area contributed by atoms with Gasteiger partial charge in [-0.1, -0.05) is 60.3 Å². The molecule has 0 bridgehead atoms. The van der Waals surface area contributed by atoms with Gasteiger partial charge in [0.05, 0.1) is 11.5 Å². The van der Waals surface area contributed by atoms with Crippen molar-refractivity contribution in [2.45, 2.75) is 11.7 Å². The summed E-state index contributed by atoms with van der Waals surface area (Å²) in [6.45, 7) is 4.19. The first-order valence-corrected chi connectivity index (χ1v) is 9.97. The second-order valence-corrected chi connectivity index (χ2v) is 7.82. The van der Waals surface area contributed by atoms with E-state index in [2.05, 4.69) is 16.8 Å². The number of anilines is 1. The molecular formula is C22H24N4OS. The van der Waals surface area contributed by atoms with Gasteiger partial charge in [-0.05, 0) is 29.7 Å². The van der Waals surface area contributed by atoms with Gasteiger partial charge in [0.2, 0.25) is 5.91 Å². The van der Waals surface area contributed by atoms with Gasteiger partial charge in [-0.2, -0.15) is 5.10 Å². The SMILES string of the molecule is C=CCN1C(=O)C(Cc2ccccc2)S/C1=N/N=C/c1ccc(N(C)C)cc1. The van der Waals surface area contributed by atoms with Gasteiger partial charge in [0.25, 0.3) is 0 Å². The van der Waals surface area contributed by atoms with Crippen molar-refractivity contribution >= 4 is 34.7 Å². The van der Waals surface area contributed by atoms with E-state index in [4.69, 9.17) is 0 Å². The monoisotopic (exact) mass is 392 g/mol. The molecule has 1 aliphatic heterocycles. The lowest BCUT2D eigenvalue weighted by molar-refractivity contribution is -0.125. The van der Waals surface area contributed by atoms with Crippen LogP contribution in [0.1, 0.15) is 11.1 Å². The summed E-state index contributed by atoms with van der Waals surface area (Å²) in [5.41, 5.74) is 3.22. The van der Waals surface area contributed by atoms with Gasteiger partial charge < -0.3 is 4.90 Å². The van der Waals surface area contributed by atoms with E-state index in [1.807, 2.05) is 73.6 Å². The summed E-state index contributed by atoms with van der Waals surface area (Å²) in [6.07, 6.45) is 4.09. The summed E-state index contributed by atoms with van der Waals surface area (Å²) in [5, 5.41) is 8.95. The lowest BCUT2D eigenvalue weighted by Crippen LogP contribution is -2.32. The maximum atomic E-state index is 12.8. The first-order chi connectivity index (χ1) is 13.6. The number of thioether (sulfide) groups is 1. The van der Waals surface area contributed by atoms with Crippen molar-refractivity contribution in [3.63, 3.8) is 0 Å². The van der Waals surface area contributed by atoms with Crippen LogP contribution >= 0.6 is 11.8 Å². The Hall–Kier alpha value is -2.86. The fourth-order valence-electron chi connectivity index (χ4n) is 2.84. The molecule has 0 N–H and O–H groups in total. The van der Waals surface area contributed by atoms with Crippen LogP contribution < -0.4 is 4.90 Å². The highest BCUT2D eigenvalue weighted by Gasteiger charge is 2.37. The molecule has 0 radical (unpaired) electrons. The largest absolute Gasteiger partial charge is 0.378 e. The summed E-state index contributed by atoms with van der Waals surface area (Å²) in [7, 11) is 4.01. The Morgan fingerprint density at radius 3 is 2.50 bits per heavy atom. The highest BCUT2D eigenvalue weighted by molar-refractivity contribution is 8.15. The molecule has 1 saturated heterocycles. The van der Waals surface area contributed by atoms with Gasteiger partial charge in [-0.15, -0.1) is 11.7 Å². The molecular weight excluding hydrogens is 368 g/mol. The van der Waals surface area contributed by atoms with Gasteiger partial charge in [-0.3, -0.25) is 9.69 Å². The molecule has 0 spiro atoms. The maximum absolute atomic E-state index is 12.8. The molecule has 2 aromatic rings. The average molecular weight is 393 g/mol. The van der Waals surface area contributed by atoms with E-state index in [9.17, 15) is 4.79 Å². The Balaban J connectivity index is 1.72. The second-order valence-electron chi connectivity index (χ2n) is 6.65. The summed E-state index contributed by atoms with van der Waals surface area (Å²) >= 11 is 1.46. The number of nitrogens with zero attached hydrogens (tertiary/aromatic N) is 4. The van der Waals surface area contributed by atoms with Crippen LogP contribution in [0.4, 0.5) is 5.69 Å². The van der Waals surface area contributed by atoms with E-state index in [1.165, 1.54) is 11.8 Å². The zero-order valence-corrected chi connectivity index (χ0v) is 17.0. The minimum atomic E-state index is -0.185. The molecule has 28 heavy (non-hydrogen) atoms. The summed E-state index contributed by atoms with van der Waals surface area (Å²) < 4.78 is 0. The number of amides is 1. The van der Waals surface area contributed by atoms with Crippen LogP contribution in [-0.4, -0.2) is 48.1 Å². The molecule has 0 saturated carbocycles. The molecule has 1 amide bonds. The topological polar surface area (TPSA) is 48.3 Å². The lowest BCUT2D eigenvalue weighted by atomic mass is 10.1. The van der Waals surface area contributed by atoms with Gasteiger partial charge in [0.15, 0.2) is 5.17 Å².